The number of hydrogen-bond donors (Lipinski definition) is 1. The third kappa shape index (κ3) is 2.54. The highest BCUT2D eigenvalue weighted by atomic mass is 35.5. The van der Waals surface area contributed by atoms with Crippen molar-refractivity contribution >= 4 is 11.6 Å². The molecule has 2 aromatic rings. The molecule has 0 saturated heterocycles. The molecule has 1 aliphatic carbocycles. The zero-order chi connectivity index (χ0) is 14.2. The van der Waals surface area contributed by atoms with Crippen molar-refractivity contribution in [2.45, 2.75) is 24.8 Å². The Morgan fingerprint density at radius 2 is 1.80 bits per heavy atom. The van der Waals surface area contributed by atoms with Gasteiger partial charge in [-0.05, 0) is 54.2 Å². The maximum atomic E-state index is 6.62. The minimum absolute atomic E-state index is 0.248. The monoisotopic (exact) mass is 287 g/mol. The topological polar surface area (TPSA) is 35.2 Å². The average Bonchev–Trinajstić information content (AvgIpc) is 2.74. The summed E-state index contributed by atoms with van der Waals surface area (Å²) in [6.45, 7) is 0. The van der Waals surface area contributed by atoms with E-state index in [-0.39, 0.29) is 5.54 Å². The molecule has 0 atom stereocenters. The number of rotatable bonds is 3. The second-order valence-corrected chi connectivity index (χ2v) is 6.05. The minimum atomic E-state index is -0.248. The van der Waals surface area contributed by atoms with Crippen molar-refractivity contribution in [2.24, 2.45) is 5.73 Å². The molecule has 2 nitrogen and oxygen atoms in total. The maximum Gasteiger partial charge on any atom is 0.122 e. The number of halogens is 1. The van der Waals surface area contributed by atoms with Gasteiger partial charge >= 0.3 is 0 Å². The van der Waals surface area contributed by atoms with E-state index in [9.17, 15) is 0 Å². The number of methoxy groups -OCH3 is 1. The van der Waals surface area contributed by atoms with Crippen LogP contribution in [-0.4, -0.2) is 12.6 Å². The molecule has 0 bridgehead atoms. The van der Waals surface area contributed by atoms with Crippen LogP contribution in [-0.2, 0) is 19.3 Å². The van der Waals surface area contributed by atoms with Crippen molar-refractivity contribution in [3.05, 3.63) is 64.2 Å². The van der Waals surface area contributed by atoms with Crippen molar-refractivity contribution in [3.63, 3.8) is 0 Å². The van der Waals surface area contributed by atoms with E-state index in [1.807, 2.05) is 18.2 Å². The van der Waals surface area contributed by atoms with Crippen LogP contribution in [0.2, 0.25) is 5.02 Å². The van der Waals surface area contributed by atoms with Crippen LogP contribution >= 0.6 is 11.6 Å². The van der Waals surface area contributed by atoms with Gasteiger partial charge < -0.3 is 10.5 Å². The van der Waals surface area contributed by atoms with Crippen molar-refractivity contribution < 1.29 is 4.74 Å². The molecule has 0 aliphatic heterocycles. The van der Waals surface area contributed by atoms with E-state index in [2.05, 4.69) is 24.3 Å². The first-order valence-electron chi connectivity index (χ1n) is 6.78. The summed E-state index contributed by atoms with van der Waals surface area (Å²) in [7, 11) is 1.68. The molecule has 0 fully saturated rings. The summed E-state index contributed by atoms with van der Waals surface area (Å²) < 4.78 is 5.42. The van der Waals surface area contributed by atoms with Gasteiger partial charge in [0.2, 0.25) is 0 Å². The lowest BCUT2D eigenvalue weighted by Gasteiger charge is -2.25. The van der Waals surface area contributed by atoms with Crippen LogP contribution in [0.1, 0.15) is 16.7 Å². The summed E-state index contributed by atoms with van der Waals surface area (Å²) in [4.78, 5) is 0. The quantitative estimate of drug-likeness (QED) is 0.939. The molecule has 20 heavy (non-hydrogen) atoms. The molecule has 0 amide bonds. The predicted octanol–water partition coefficient (Wildman–Crippen LogP) is 3.39. The molecule has 104 valence electrons. The molecule has 3 rings (SSSR count). The van der Waals surface area contributed by atoms with Crippen molar-refractivity contribution in [3.8, 4) is 5.75 Å². The zero-order valence-electron chi connectivity index (χ0n) is 11.5. The van der Waals surface area contributed by atoms with Gasteiger partial charge in [0.15, 0.2) is 0 Å². The molecule has 0 spiro atoms. The van der Waals surface area contributed by atoms with Gasteiger partial charge in [-0.15, -0.1) is 0 Å². The highest BCUT2D eigenvalue weighted by Crippen LogP contribution is 2.33. The molecular formula is C17H18ClNO. The van der Waals surface area contributed by atoms with Gasteiger partial charge in [0.1, 0.15) is 5.75 Å². The van der Waals surface area contributed by atoms with Crippen molar-refractivity contribution in [2.75, 3.05) is 7.11 Å². The van der Waals surface area contributed by atoms with E-state index >= 15 is 0 Å². The lowest BCUT2D eigenvalue weighted by atomic mass is 9.88. The number of hydrogen-bond acceptors (Lipinski definition) is 2. The summed E-state index contributed by atoms with van der Waals surface area (Å²) in [5.74, 6) is 0.857. The molecule has 0 aromatic heterocycles. The van der Waals surface area contributed by atoms with Crippen LogP contribution in [0.4, 0.5) is 0 Å². The standard InChI is InChI=1S/C17H18ClNO/c1-20-16-7-6-15(18)8-14(16)11-17(19)9-12-4-2-3-5-13(12)10-17/h2-8H,9-11,19H2,1H3. The normalized spacial score (nSPS) is 15.9. The molecule has 1 aliphatic rings. The molecule has 0 saturated carbocycles. The molecule has 0 radical (unpaired) electrons. The Morgan fingerprint density at radius 3 is 2.40 bits per heavy atom. The van der Waals surface area contributed by atoms with Gasteiger partial charge in [0.05, 0.1) is 7.11 Å². The minimum Gasteiger partial charge on any atom is -0.496 e. The molecule has 0 unspecified atom stereocenters. The van der Waals surface area contributed by atoms with Crippen LogP contribution in [0, 0.1) is 0 Å². The number of nitrogens with two attached hydrogens (primary N) is 1. The van der Waals surface area contributed by atoms with E-state index in [1.165, 1.54) is 11.1 Å². The fourth-order valence-electron chi connectivity index (χ4n) is 3.11. The first-order valence-corrected chi connectivity index (χ1v) is 7.15. The lowest BCUT2D eigenvalue weighted by Crippen LogP contribution is -2.43. The second kappa shape index (κ2) is 5.12. The van der Waals surface area contributed by atoms with E-state index in [1.54, 1.807) is 7.11 Å². The second-order valence-electron chi connectivity index (χ2n) is 5.62. The van der Waals surface area contributed by atoms with Gasteiger partial charge in [0.25, 0.3) is 0 Å². The van der Waals surface area contributed by atoms with Crippen molar-refractivity contribution in [1.29, 1.82) is 0 Å². The first-order chi connectivity index (χ1) is 9.59. The third-order valence-electron chi connectivity index (χ3n) is 3.99. The highest BCUT2D eigenvalue weighted by molar-refractivity contribution is 6.30. The van der Waals surface area contributed by atoms with Gasteiger partial charge in [-0.3, -0.25) is 0 Å². The zero-order valence-corrected chi connectivity index (χ0v) is 12.3. The molecular weight excluding hydrogens is 270 g/mol. The summed E-state index contributed by atoms with van der Waals surface area (Å²) in [6, 6.07) is 14.2. The third-order valence-corrected chi connectivity index (χ3v) is 4.22. The number of ether oxygens (including phenoxy) is 1. The van der Waals surface area contributed by atoms with E-state index in [0.717, 1.165) is 35.6 Å². The van der Waals surface area contributed by atoms with E-state index in [0.29, 0.717) is 0 Å². The van der Waals surface area contributed by atoms with Gasteiger partial charge in [-0.25, -0.2) is 0 Å². The molecule has 0 heterocycles. The largest absolute Gasteiger partial charge is 0.496 e. The Kier molecular flexibility index (Phi) is 3.45. The van der Waals surface area contributed by atoms with E-state index < -0.39 is 0 Å². The summed E-state index contributed by atoms with van der Waals surface area (Å²) in [6.07, 6.45) is 2.57. The number of benzene rings is 2. The molecule has 2 aromatic carbocycles. The lowest BCUT2D eigenvalue weighted by molar-refractivity contribution is 0.393. The average molecular weight is 288 g/mol. The summed E-state index contributed by atoms with van der Waals surface area (Å²) >= 11 is 6.10. The molecule has 2 N–H and O–H groups in total. The number of fused-ring (bicyclic) bond motifs is 1. The molecule has 3 heteroatoms. The fraction of sp³-hybridized carbons (Fsp3) is 0.294. The highest BCUT2D eigenvalue weighted by Gasteiger charge is 2.34. The van der Waals surface area contributed by atoms with Crippen molar-refractivity contribution in [1.82, 2.24) is 0 Å². The SMILES string of the molecule is COc1ccc(Cl)cc1CC1(N)Cc2ccccc2C1. The Hall–Kier alpha value is -1.51. The summed E-state index contributed by atoms with van der Waals surface area (Å²) in [5.41, 5.74) is 10.2. The summed E-state index contributed by atoms with van der Waals surface area (Å²) in [5, 5.41) is 0.722. The first kappa shape index (κ1) is 13.5. The van der Waals surface area contributed by atoms with Crippen LogP contribution in [0.25, 0.3) is 0 Å². The van der Waals surface area contributed by atoms with Crippen LogP contribution in [0.15, 0.2) is 42.5 Å². The van der Waals surface area contributed by atoms with Crippen LogP contribution in [0.3, 0.4) is 0 Å². The Morgan fingerprint density at radius 1 is 1.15 bits per heavy atom. The Balaban J connectivity index is 1.87. The Bertz CT molecular complexity index is 614. The Labute approximate surface area is 124 Å². The van der Waals surface area contributed by atoms with Gasteiger partial charge in [0, 0.05) is 10.6 Å². The van der Waals surface area contributed by atoms with Crippen LogP contribution in [0.5, 0.6) is 5.75 Å². The smallest absolute Gasteiger partial charge is 0.122 e. The fourth-order valence-corrected chi connectivity index (χ4v) is 3.31. The van der Waals surface area contributed by atoms with E-state index in [4.69, 9.17) is 22.1 Å². The predicted molar refractivity (Wildman–Crippen MR) is 82.5 cm³/mol. The maximum absolute atomic E-state index is 6.62. The van der Waals surface area contributed by atoms with Crippen LogP contribution < -0.4 is 10.5 Å². The van der Waals surface area contributed by atoms with Gasteiger partial charge in [-0.2, -0.15) is 0 Å². The van der Waals surface area contributed by atoms with Gasteiger partial charge in [-0.1, -0.05) is 35.9 Å².